The lowest BCUT2D eigenvalue weighted by molar-refractivity contribution is 0.402. The molecule has 0 radical (unpaired) electrons. The van der Waals surface area contributed by atoms with Crippen LogP contribution >= 0.6 is 0 Å². The Morgan fingerprint density at radius 3 is 2.29 bits per heavy atom. The van der Waals surface area contributed by atoms with E-state index in [1.807, 2.05) is 6.07 Å². The average Bonchev–Trinajstić information content (AvgIpc) is 3.76. The van der Waals surface area contributed by atoms with Crippen LogP contribution in [0.25, 0.3) is 51.0 Å². The second kappa shape index (κ2) is 18.4. The lowest BCUT2D eigenvalue weighted by atomic mass is 9.74. The molecule has 6 nitrogen and oxygen atoms in total. The van der Waals surface area contributed by atoms with Gasteiger partial charge >= 0.3 is 0 Å². The van der Waals surface area contributed by atoms with Gasteiger partial charge in [-0.2, -0.15) is 0 Å². The molecule has 4 heterocycles. The summed E-state index contributed by atoms with van der Waals surface area (Å²) in [7, 11) is 0. The average molecular weight is 947 g/mol. The predicted molar refractivity (Wildman–Crippen MR) is 300 cm³/mol. The first-order valence-corrected chi connectivity index (χ1v) is 26.1. The van der Waals surface area contributed by atoms with E-state index in [4.69, 9.17) is 15.0 Å². The molecular formula is C67H58N6. The van der Waals surface area contributed by atoms with Crippen LogP contribution in [0.15, 0.2) is 223 Å². The van der Waals surface area contributed by atoms with Crippen molar-refractivity contribution in [1.29, 1.82) is 0 Å². The summed E-state index contributed by atoms with van der Waals surface area (Å²) in [4.78, 5) is 21.4. The van der Waals surface area contributed by atoms with Gasteiger partial charge in [-0.25, -0.2) is 15.0 Å². The fourth-order valence-corrected chi connectivity index (χ4v) is 12.4. The highest BCUT2D eigenvalue weighted by Gasteiger charge is 2.47. The molecule has 3 aliphatic carbocycles. The van der Waals surface area contributed by atoms with Crippen LogP contribution in [0.3, 0.4) is 0 Å². The Hall–Kier alpha value is -8.35. The predicted octanol–water partition coefficient (Wildman–Crippen LogP) is 16.2. The molecule has 2 aromatic heterocycles. The van der Waals surface area contributed by atoms with E-state index in [0.717, 1.165) is 60.9 Å². The maximum absolute atomic E-state index is 5.49. The van der Waals surface area contributed by atoms with Gasteiger partial charge in [-0.15, -0.1) is 0 Å². The Morgan fingerprint density at radius 1 is 0.726 bits per heavy atom. The third-order valence-electron chi connectivity index (χ3n) is 15.9. The lowest BCUT2D eigenvalue weighted by Gasteiger charge is -2.40. The summed E-state index contributed by atoms with van der Waals surface area (Å²) in [5.41, 5.74) is 20.8. The number of aryl methyl sites for hydroxylation is 1. The highest BCUT2D eigenvalue weighted by atomic mass is 15.3. The quantitative estimate of drug-likeness (QED) is 0.107. The zero-order valence-corrected chi connectivity index (χ0v) is 41.8. The van der Waals surface area contributed by atoms with Crippen molar-refractivity contribution in [2.75, 3.05) is 11.4 Å². The van der Waals surface area contributed by atoms with Crippen molar-refractivity contribution in [2.45, 2.75) is 65.2 Å². The van der Waals surface area contributed by atoms with Crippen LogP contribution in [-0.4, -0.2) is 31.0 Å². The van der Waals surface area contributed by atoms with Crippen molar-refractivity contribution >= 4 is 33.9 Å². The number of anilines is 2. The molecule has 6 aromatic carbocycles. The second-order valence-electron chi connectivity index (χ2n) is 20.3. The Labute approximate surface area is 429 Å². The van der Waals surface area contributed by atoms with E-state index in [0.29, 0.717) is 24.0 Å². The van der Waals surface area contributed by atoms with E-state index in [1.165, 1.54) is 78.4 Å². The van der Waals surface area contributed by atoms with E-state index in [2.05, 4.69) is 235 Å². The van der Waals surface area contributed by atoms with Crippen LogP contribution in [-0.2, 0) is 6.42 Å². The van der Waals surface area contributed by atoms with E-state index < -0.39 is 0 Å². The Bertz CT molecular complexity index is 3690. The van der Waals surface area contributed by atoms with Gasteiger partial charge in [0.15, 0.2) is 17.5 Å². The number of benzene rings is 6. The van der Waals surface area contributed by atoms with Crippen LogP contribution in [0.4, 0.5) is 11.4 Å². The molecule has 6 heteroatoms. The maximum atomic E-state index is 5.49. The zero-order valence-electron chi connectivity index (χ0n) is 41.8. The molecule has 0 saturated carbocycles. The Kier molecular flexibility index (Phi) is 11.2. The number of fused-ring (bicyclic) bond motifs is 7. The molecule has 2 unspecified atom stereocenters. The van der Waals surface area contributed by atoms with Crippen molar-refractivity contribution in [1.82, 2.24) is 24.4 Å². The molecule has 5 aliphatic rings. The normalized spacial score (nSPS) is 19.1. The van der Waals surface area contributed by atoms with Gasteiger partial charge < -0.3 is 14.4 Å². The first-order chi connectivity index (χ1) is 35.9. The minimum absolute atomic E-state index is 0.153. The van der Waals surface area contributed by atoms with E-state index in [-0.39, 0.29) is 11.3 Å². The summed E-state index contributed by atoms with van der Waals surface area (Å²) in [6, 6.07) is 55.1. The van der Waals surface area contributed by atoms with Crippen molar-refractivity contribution in [3.63, 3.8) is 0 Å². The molecular weight excluding hydrogens is 889 g/mol. The lowest BCUT2D eigenvalue weighted by Crippen LogP contribution is -2.34. The number of rotatable bonds is 9. The Balaban J connectivity index is 1.04. The van der Waals surface area contributed by atoms with Gasteiger partial charge in [-0.3, -0.25) is 0 Å². The highest BCUT2D eigenvalue weighted by Crippen LogP contribution is 2.57. The molecule has 0 amide bonds. The molecule has 13 rings (SSSR count). The van der Waals surface area contributed by atoms with Crippen molar-refractivity contribution < 1.29 is 0 Å². The molecule has 73 heavy (non-hydrogen) atoms. The van der Waals surface area contributed by atoms with E-state index >= 15 is 0 Å². The van der Waals surface area contributed by atoms with Crippen LogP contribution in [0.2, 0.25) is 0 Å². The monoisotopic (exact) mass is 946 g/mol. The van der Waals surface area contributed by atoms with Gasteiger partial charge in [-0.05, 0) is 117 Å². The minimum atomic E-state index is -0.153. The summed E-state index contributed by atoms with van der Waals surface area (Å²) < 4.78 is 2.45. The topological polar surface area (TPSA) is 50.1 Å². The number of nitrogens with zero attached hydrogens (tertiary/aromatic N) is 6. The van der Waals surface area contributed by atoms with Gasteiger partial charge in [0.1, 0.15) is 0 Å². The van der Waals surface area contributed by atoms with Gasteiger partial charge in [0.05, 0.1) is 23.5 Å². The number of hydrogen-bond donors (Lipinski definition) is 0. The van der Waals surface area contributed by atoms with Crippen LogP contribution in [0.1, 0.15) is 91.2 Å². The van der Waals surface area contributed by atoms with E-state index in [9.17, 15) is 0 Å². The molecule has 0 bridgehead atoms. The van der Waals surface area contributed by atoms with Crippen molar-refractivity contribution in [2.24, 2.45) is 5.41 Å². The van der Waals surface area contributed by atoms with Gasteiger partial charge in [0.2, 0.25) is 0 Å². The summed E-state index contributed by atoms with van der Waals surface area (Å²) >= 11 is 0. The van der Waals surface area contributed by atoms with Gasteiger partial charge in [0, 0.05) is 74.7 Å². The largest absolute Gasteiger partial charge is 0.335 e. The molecule has 356 valence electrons. The molecule has 0 spiro atoms. The smallest absolute Gasteiger partial charge is 0.165 e. The standard InChI is InChI=1S/C67H58N6/c1-4-21-54(66-69-64(46-22-8-5-9-23-46)68-65(70-66)47-37-35-45(2)36-38-47)61(73-58-32-13-7-12-29-55(58)67(3)41-19-18-34-62(67)73)44-71-56-30-16-14-24-49(56)42-50-40-39-48(43-60(50)71)52-28-20-33-59-63(52)53-27-15-17-31-57(53)72(59)51-25-10-6-11-26-51/h4-11,13-27,30-31,33-40,43,52H,12,28-29,32,41-42,44H2,1-3H3/b21-4-,61-54-. The number of aromatic nitrogens is 4. The van der Waals surface area contributed by atoms with Gasteiger partial charge in [-0.1, -0.05) is 169 Å². The van der Waals surface area contributed by atoms with Crippen molar-refractivity contribution in [3.05, 3.63) is 262 Å². The summed E-state index contributed by atoms with van der Waals surface area (Å²) in [5, 5.41) is 1.31. The molecule has 8 aromatic rings. The molecule has 2 atom stereocenters. The minimum Gasteiger partial charge on any atom is -0.335 e. The first-order valence-electron chi connectivity index (χ1n) is 26.1. The Morgan fingerprint density at radius 2 is 1.47 bits per heavy atom. The summed E-state index contributed by atoms with van der Waals surface area (Å²) in [6.45, 7) is 7.28. The van der Waals surface area contributed by atoms with Crippen LogP contribution < -0.4 is 4.90 Å². The molecule has 0 saturated heterocycles. The van der Waals surface area contributed by atoms with Crippen LogP contribution in [0.5, 0.6) is 0 Å². The third-order valence-corrected chi connectivity index (χ3v) is 15.9. The molecule has 0 fully saturated rings. The summed E-state index contributed by atoms with van der Waals surface area (Å²) in [5.74, 6) is 2.12. The fourth-order valence-electron chi connectivity index (χ4n) is 12.4. The molecule has 0 N–H and O–H groups in total. The third kappa shape index (κ3) is 7.67. The fraction of sp³-hybridized carbons (Fsp3) is 0.179. The second-order valence-corrected chi connectivity index (χ2v) is 20.3. The maximum Gasteiger partial charge on any atom is 0.165 e. The number of hydrogen-bond acceptors (Lipinski definition) is 5. The van der Waals surface area contributed by atoms with Gasteiger partial charge in [0.25, 0.3) is 0 Å². The first kappa shape index (κ1) is 44.6. The SMILES string of the molecule is C/C=C\C(=C(/CN1c2ccccc2Cc2ccc(C3CC=Cc4c3c3ccccc3n4-c3ccccc3)cc21)N1C2=CC=CCC2(C)C2=C1CC=CCC2)c1nc(-c2ccccc2)nc(-c2ccc(C)cc2)n1. The number of para-hydroxylation sites is 3. The highest BCUT2D eigenvalue weighted by molar-refractivity contribution is 5.92. The van der Waals surface area contributed by atoms with Crippen molar-refractivity contribution in [3.8, 4) is 28.5 Å². The number of allylic oxidation sites excluding steroid dienone is 10. The zero-order chi connectivity index (χ0) is 49.0. The van der Waals surface area contributed by atoms with E-state index in [1.54, 1.807) is 0 Å². The summed E-state index contributed by atoms with van der Waals surface area (Å²) in [6.07, 6.45) is 26.6. The van der Waals surface area contributed by atoms with Crippen LogP contribution in [0, 0.1) is 12.3 Å². The molecule has 2 aliphatic heterocycles.